The second-order valence-electron chi connectivity index (χ2n) is 3.59. The summed E-state index contributed by atoms with van der Waals surface area (Å²) >= 11 is 1.53. The molecule has 0 radical (unpaired) electrons. The summed E-state index contributed by atoms with van der Waals surface area (Å²) in [6.07, 6.45) is 0. The molecule has 1 aromatic carbocycles. The second-order valence-corrected chi connectivity index (χ2v) is 4.31. The molecular weight excluding hydrogens is 250 g/mol. The minimum Gasteiger partial charge on any atom is -0.465 e. The topological polar surface area (TPSA) is 77.2 Å². The fourth-order valence-corrected chi connectivity index (χ4v) is 2.08. The van der Waals surface area contributed by atoms with E-state index in [0.29, 0.717) is 23.5 Å². The van der Waals surface area contributed by atoms with Crippen molar-refractivity contribution < 1.29 is 9.53 Å². The van der Waals surface area contributed by atoms with Gasteiger partial charge in [0.15, 0.2) is 0 Å². The van der Waals surface area contributed by atoms with Crippen LogP contribution >= 0.6 is 11.3 Å². The monoisotopic (exact) mass is 263 g/mol. The highest BCUT2D eigenvalue weighted by atomic mass is 32.1. The molecule has 2 aromatic rings. The fourth-order valence-electron chi connectivity index (χ4n) is 1.52. The Hall–Kier alpha value is -2.08. The smallest absolute Gasteiger partial charge is 0.340 e. The second kappa shape index (κ2) is 5.50. The number of esters is 1. The van der Waals surface area contributed by atoms with Gasteiger partial charge in [0.25, 0.3) is 0 Å². The van der Waals surface area contributed by atoms with E-state index in [2.05, 4.69) is 15.0 Å². The Morgan fingerprint density at radius 1 is 1.56 bits per heavy atom. The van der Waals surface area contributed by atoms with Gasteiger partial charge in [-0.1, -0.05) is 6.07 Å². The number of thiazole rings is 1. The summed E-state index contributed by atoms with van der Waals surface area (Å²) in [5.41, 5.74) is 10.1. The zero-order chi connectivity index (χ0) is 13.0. The van der Waals surface area contributed by atoms with Gasteiger partial charge in [0.2, 0.25) is 0 Å². The van der Waals surface area contributed by atoms with Crippen LogP contribution in [0.2, 0.25) is 0 Å². The highest BCUT2D eigenvalue weighted by molar-refractivity contribution is 7.07. The number of hydrogen-bond acceptors (Lipinski definition) is 6. The number of nitrogens with two attached hydrogens (primary N) is 1. The third-order valence-electron chi connectivity index (χ3n) is 2.45. The molecule has 0 saturated carbocycles. The van der Waals surface area contributed by atoms with Crippen molar-refractivity contribution in [1.29, 1.82) is 0 Å². The van der Waals surface area contributed by atoms with Crippen LogP contribution in [0.3, 0.4) is 0 Å². The number of carbonyl (C=O) groups is 1. The van der Waals surface area contributed by atoms with Gasteiger partial charge >= 0.3 is 5.97 Å². The van der Waals surface area contributed by atoms with Gasteiger partial charge < -0.3 is 15.8 Å². The summed E-state index contributed by atoms with van der Waals surface area (Å²) < 4.78 is 4.67. The normalized spacial score (nSPS) is 10.1. The van der Waals surface area contributed by atoms with E-state index in [1.54, 1.807) is 17.6 Å². The molecule has 0 saturated heterocycles. The SMILES string of the molecule is COC(=O)c1cccc(NCc2cscn2)c1N. The van der Waals surface area contributed by atoms with Crippen LogP contribution in [0.25, 0.3) is 0 Å². The average Bonchev–Trinajstić information content (AvgIpc) is 2.90. The largest absolute Gasteiger partial charge is 0.465 e. The summed E-state index contributed by atoms with van der Waals surface area (Å²) in [6, 6.07) is 5.20. The number of methoxy groups -OCH3 is 1. The Labute approximate surface area is 109 Å². The average molecular weight is 263 g/mol. The van der Waals surface area contributed by atoms with Gasteiger partial charge in [0, 0.05) is 5.38 Å². The third-order valence-corrected chi connectivity index (χ3v) is 3.09. The van der Waals surface area contributed by atoms with Crippen LogP contribution in [0.5, 0.6) is 0 Å². The van der Waals surface area contributed by atoms with Gasteiger partial charge in [-0.3, -0.25) is 0 Å². The van der Waals surface area contributed by atoms with E-state index in [1.165, 1.54) is 18.4 Å². The van der Waals surface area contributed by atoms with E-state index in [-0.39, 0.29) is 0 Å². The van der Waals surface area contributed by atoms with Crippen LogP contribution in [0, 0.1) is 0 Å². The van der Waals surface area contributed by atoms with Gasteiger partial charge in [-0.15, -0.1) is 11.3 Å². The number of hydrogen-bond donors (Lipinski definition) is 2. The molecule has 1 aromatic heterocycles. The first kappa shape index (κ1) is 12.4. The zero-order valence-corrected chi connectivity index (χ0v) is 10.7. The number of para-hydroxylation sites is 1. The van der Waals surface area contributed by atoms with Crippen molar-refractivity contribution in [2.75, 3.05) is 18.2 Å². The van der Waals surface area contributed by atoms with Gasteiger partial charge in [0.1, 0.15) is 0 Å². The summed E-state index contributed by atoms with van der Waals surface area (Å²) in [6.45, 7) is 0.568. The predicted octanol–water partition coefficient (Wildman–Crippen LogP) is 2.12. The third kappa shape index (κ3) is 2.60. The first-order valence-electron chi connectivity index (χ1n) is 5.30. The molecule has 0 fully saturated rings. The number of rotatable bonds is 4. The van der Waals surface area contributed by atoms with Crippen LogP contribution in [-0.2, 0) is 11.3 Å². The molecule has 18 heavy (non-hydrogen) atoms. The first-order valence-corrected chi connectivity index (χ1v) is 6.24. The maximum atomic E-state index is 11.5. The Balaban J connectivity index is 2.16. The molecule has 0 aliphatic rings. The molecule has 2 rings (SSSR count). The van der Waals surface area contributed by atoms with E-state index >= 15 is 0 Å². The minimum absolute atomic E-state index is 0.362. The van der Waals surface area contributed by atoms with Crippen LogP contribution in [0.15, 0.2) is 29.1 Å². The Morgan fingerprint density at radius 2 is 2.39 bits per heavy atom. The molecular formula is C12H13N3O2S. The quantitative estimate of drug-likeness (QED) is 0.652. The molecule has 1 heterocycles. The lowest BCUT2D eigenvalue weighted by Gasteiger charge is -2.11. The van der Waals surface area contributed by atoms with Gasteiger partial charge in [-0.2, -0.15) is 0 Å². The molecule has 0 bridgehead atoms. The van der Waals surface area contributed by atoms with E-state index in [4.69, 9.17) is 5.73 Å². The lowest BCUT2D eigenvalue weighted by molar-refractivity contribution is 0.0602. The lowest BCUT2D eigenvalue weighted by Crippen LogP contribution is -2.09. The molecule has 94 valence electrons. The van der Waals surface area contributed by atoms with E-state index < -0.39 is 5.97 Å². The molecule has 6 heteroatoms. The van der Waals surface area contributed by atoms with Crippen molar-refractivity contribution in [3.8, 4) is 0 Å². The molecule has 0 amide bonds. The molecule has 0 aliphatic heterocycles. The van der Waals surface area contributed by atoms with Crippen LogP contribution in [0.4, 0.5) is 11.4 Å². The summed E-state index contributed by atoms with van der Waals surface area (Å²) in [5, 5.41) is 5.10. The van der Waals surface area contributed by atoms with E-state index in [9.17, 15) is 4.79 Å². The predicted molar refractivity (Wildman–Crippen MR) is 71.6 cm³/mol. The maximum Gasteiger partial charge on any atom is 0.340 e. The van der Waals surface area contributed by atoms with Crippen LogP contribution in [-0.4, -0.2) is 18.1 Å². The van der Waals surface area contributed by atoms with Crippen molar-refractivity contribution in [3.63, 3.8) is 0 Å². The first-order chi connectivity index (χ1) is 8.72. The van der Waals surface area contributed by atoms with Crippen molar-refractivity contribution in [3.05, 3.63) is 40.3 Å². The van der Waals surface area contributed by atoms with Crippen molar-refractivity contribution in [2.45, 2.75) is 6.54 Å². The summed E-state index contributed by atoms with van der Waals surface area (Å²) in [7, 11) is 1.33. The molecule has 0 unspecified atom stereocenters. The number of carbonyl (C=O) groups excluding carboxylic acids is 1. The molecule has 0 aliphatic carbocycles. The van der Waals surface area contributed by atoms with E-state index in [0.717, 1.165) is 5.69 Å². The number of benzene rings is 1. The van der Waals surface area contributed by atoms with Gasteiger partial charge in [-0.25, -0.2) is 9.78 Å². The Morgan fingerprint density at radius 3 is 3.06 bits per heavy atom. The fraction of sp³-hybridized carbons (Fsp3) is 0.167. The number of nitrogens with zero attached hydrogens (tertiary/aromatic N) is 1. The van der Waals surface area contributed by atoms with Crippen molar-refractivity contribution in [1.82, 2.24) is 4.98 Å². The van der Waals surface area contributed by atoms with Gasteiger partial charge in [0.05, 0.1) is 41.8 Å². The number of aromatic nitrogens is 1. The highest BCUT2D eigenvalue weighted by Gasteiger charge is 2.12. The maximum absolute atomic E-state index is 11.5. The lowest BCUT2D eigenvalue weighted by atomic mass is 10.1. The minimum atomic E-state index is -0.440. The highest BCUT2D eigenvalue weighted by Crippen LogP contribution is 2.23. The number of ether oxygens (including phenoxy) is 1. The van der Waals surface area contributed by atoms with E-state index in [1.807, 2.05) is 11.4 Å². The van der Waals surface area contributed by atoms with Crippen molar-refractivity contribution in [2.24, 2.45) is 0 Å². The zero-order valence-electron chi connectivity index (χ0n) is 9.84. The van der Waals surface area contributed by atoms with Crippen molar-refractivity contribution >= 4 is 28.7 Å². The Kier molecular flexibility index (Phi) is 3.78. The number of nitrogens with one attached hydrogen (secondary N) is 1. The molecule has 5 nitrogen and oxygen atoms in total. The Bertz CT molecular complexity index is 540. The van der Waals surface area contributed by atoms with Crippen LogP contribution in [0.1, 0.15) is 16.1 Å². The summed E-state index contributed by atoms with van der Waals surface area (Å²) in [4.78, 5) is 15.6. The van der Waals surface area contributed by atoms with Gasteiger partial charge in [-0.05, 0) is 12.1 Å². The standard InChI is InChI=1S/C12H13N3O2S/c1-17-12(16)9-3-2-4-10(11(9)13)14-5-8-6-18-7-15-8/h2-4,6-7,14H,5,13H2,1H3. The molecule has 3 N–H and O–H groups in total. The molecule has 0 spiro atoms. The van der Waals surface area contributed by atoms with Crippen LogP contribution < -0.4 is 11.1 Å². The summed E-state index contributed by atoms with van der Waals surface area (Å²) in [5.74, 6) is -0.440. The number of nitrogen functional groups attached to an aromatic ring is 1. The number of anilines is 2. The molecule has 0 atom stereocenters.